The van der Waals surface area contributed by atoms with Crippen molar-refractivity contribution in [3.63, 3.8) is 0 Å². The average molecular weight is 409 g/mol. The number of carbonyl (C=O) groups excluding carboxylic acids is 2. The van der Waals surface area contributed by atoms with Gasteiger partial charge in [-0.3, -0.25) is 14.2 Å². The van der Waals surface area contributed by atoms with Crippen LogP contribution in [0.4, 0.5) is 5.69 Å². The van der Waals surface area contributed by atoms with Crippen molar-refractivity contribution in [2.75, 3.05) is 24.7 Å². The van der Waals surface area contributed by atoms with Crippen molar-refractivity contribution in [3.05, 3.63) is 72.1 Å². The Hall–Kier alpha value is -3.06. The Kier molecular flexibility index (Phi) is 6.72. The zero-order valence-electron chi connectivity index (χ0n) is 16.8. The molecule has 7 heteroatoms. The maximum absolute atomic E-state index is 12.5. The van der Waals surface area contributed by atoms with E-state index >= 15 is 0 Å². The highest BCUT2D eigenvalue weighted by Gasteiger charge is 2.15. The molecule has 0 spiro atoms. The predicted molar refractivity (Wildman–Crippen MR) is 116 cm³/mol. The van der Waals surface area contributed by atoms with E-state index in [0.717, 1.165) is 27.7 Å². The van der Waals surface area contributed by atoms with Crippen LogP contribution in [-0.4, -0.2) is 45.6 Å². The van der Waals surface area contributed by atoms with E-state index < -0.39 is 0 Å². The molecule has 0 fully saturated rings. The summed E-state index contributed by atoms with van der Waals surface area (Å²) in [5, 5.41) is 3.54. The van der Waals surface area contributed by atoms with Gasteiger partial charge in [0.05, 0.1) is 12.3 Å². The highest BCUT2D eigenvalue weighted by atomic mass is 32.2. The molecule has 0 saturated carbocycles. The minimum absolute atomic E-state index is 0.000407. The number of thioether (sulfide) groups is 1. The highest BCUT2D eigenvalue weighted by molar-refractivity contribution is 7.99. The van der Waals surface area contributed by atoms with Gasteiger partial charge in [0.1, 0.15) is 0 Å². The van der Waals surface area contributed by atoms with Crippen LogP contribution in [0, 0.1) is 13.8 Å². The zero-order valence-corrected chi connectivity index (χ0v) is 17.6. The van der Waals surface area contributed by atoms with E-state index in [0.29, 0.717) is 0 Å². The van der Waals surface area contributed by atoms with Crippen molar-refractivity contribution in [3.8, 4) is 5.69 Å². The molecule has 1 heterocycles. The number of rotatable bonds is 7. The molecule has 1 aromatic heterocycles. The van der Waals surface area contributed by atoms with Gasteiger partial charge in [0, 0.05) is 30.8 Å². The van der Waals surface area contributed by atoms with Crippen LogP contribution in [0.25, 0.3) is 5.69 Å². The van der Waals surface area contributed by atoms with Crippen molar-refractivity contribution >= 4 is 29.3 Å². The molecule has 0 atom stereocenters. The van der Waals surface area contributed by atoms with E-state index in [9.17, 15) is 9.59 Å². The van der Waals surface area contributed by atoms with Crippen LogP contribution in [0.1, 0.15) is 11.1 Å². The molecule has 0 aliphatic carbocycles. The maximum atomic E-state index is 12.5. The molecule has 3 rings (SSSR count). The Labute approximate surface area is 174 Å². The van der Waals surface area contributed by atoms with Gasteiger partial charge in [-0.05, 0) is 43.7 Å². The number of nitrogens with one attached hydrogen (secondary N) is 1. The van der Waals surface area contributed by atoms with Crippen molar-refractivity contribution < 1.29 is 9.59 Å². The van der Waals surface area contributed by atoms with Crippen LogP contribution < -0.4 is 5.32 Å². The van der Waals surface area contributed by atoms with Crippen LogP contribution in [0.3, 0.4) is 0 Å². The minimum Gasteiger partial charge on any atom is -0.336 e. The van der Waals surface area contributed by atoms with Gasteiger partial charge in [-0.25, -0.2) is 4.98 Å². The summed E-state index contributed by atoms with van der Waals surface area (Å²) >= 11 is 1.35. The number of aryl methyl sites for hydroxylation is 2. The van der Waals surface area contributed by atoms with Crippen LogP contribution in [0.5, 0.6) is 0 Å². The number of carbonyl (C=O) groups is 2. The molecular weight excluding hydrogens is 384 g/mol. The molecule has 3 aromatic rings. The van der Waals surface area contributed by atoms with Crippen molar-refractivity contribution in [2.45, 2.75) is 19.0 Å². The molecule has 2 amide bonds. The predicted octanol–water partition coefficient (Wildman–Crippen LogP) is 3.68. The van der Waals surface area contributed by atoms with E-state index in [1.54, 1.807) is 13.2 Å². The Morgan fingerprint density at radius 1 is 1.10 bits per heavy atom. The van der Waals surface area contributed by atoms with Gasteiger partial charge < -0.3 is 10.2 Å². The van der Waals surface area contributed by atoms with Gasteiger partial charge in [0.2, 0.25) is 11.8 Å². The van der Waals surface area contributed by atoms with Gasteiger partial charge in [-0.15, -0.1) is 0 Å². The summed E-state index contributed by atoms with van der Waals surface area (Å²) in [5.74, 6) is -0.152. The first-order valence-corrected chi connectivity index (χ1v) is 10.2. The summed E-state index contributed by atoms with van der Waals surface area (Å²) in [7, 11) is 1.63. The average Bonchev–Trinajstić information content (AvgIpc) is 3.16. The molecule has 150 valence electrons. The quantitative estimate of drug-likeness (QED) is 0.606. The minimum atomic E-state index is -0.226. The number of amides is 2. The Bertz CT molecular complexity index is 998. The third-order valence-corrected chi connectivity index (χ3v) is 5.30. The first kappa shape index (κ1) is 20.7. The van der Waals surface area contributed by atoms with Gasteiger partial charge in [0.15, 0.2) is 5.16 Å². The lowest BCUT2D eigenvalue weighted by atomic mass is 10.2. The molecule has 0 unspecified atom stereocenters. The fourth-order valence-corrected chi connectivity index (χ4v) is 3.66. The lowest BCUT2D eigenvalue weighted by Gasteiger charge is -2.17. The van der Waals surface area contributed by atoms with Gasteiger partial charge in [-0.2, -0.15) is 0 Å². The van der Waals surface area contributed by atoms with E-state index in [2.05, 4.69) is 16.4 Å². The van der Waals surface area contributed by atoms with Crippen molar-refractivity contribution in [2.24, 2.45) is 0 Å². The summed E-state index contributed by atoms with van der Waals surface area (Å²) < 4.78 is 1.95. The fourth-order valence-electron chi connectivity index (χ4n) is 2.75. The summed E-state index contributed by atoms with van der Waals surface area (Å²) in [6.07, 6.45) is 3.59. The zero-order chi connectivity index (χ0) is 20.8. The molecule has 0 aliphatic heterocycles. The fraction of sp³-hybridized carbons (Fsp3) is 0.227. The molecule has 2 aromatic carbocycles. The molecule has 0 radical (unpaired) electrons. The Balaban J connectivity index is 1.53. The molecule has 29 heavy (non-hydrogen) atoms. The second-order valence-corrected chi connectivity index (χ2v) is 7.81. The summed E-state index contributed by atoms with van der Waals surface area (Å²) in [6, 6.07) is 15.6. The largest absolute Gasteiger partial charge is 0.336 e. The summed E-state index contributed by atoms with van der Waals surface area (Å²) in [4.78, 5) is 30.4. The second-order valence-electron chi connectivity index (χ2n) is 6.87. The van der Waals surface area contributed by atoms with Gasteiger partial charge >= 0.3 is 0 Å². The van der Waals surface area contributed by atoms with E-state index in [4.69, 9.17) is 0 Å². The summed E-state index contributed by atoms with van der Waals surface area (Å²) in [6.45, 7) is 4.02. The van der Waals surface area contributed by atoms with E-state index in [-0.39, 0.29) is 24.1 Å². The van der Waals surface area contributed by atoms with Gasteiger partial charge in [0.25, 0.3) is 0 Å². The third kappa shape index (κ3) is 5.71. The first-order chi connectivity index (χ1) is 13.9. The highest BCUT2D eigenvalue weighted by Crippen LogP contribution is 2.21. The Morgan fingerprint density at radius 3 is 2.59 bits per heavy atom. The smallest absolute Gasteiger partial charge is 0.243 e. The normalized spacial score (nSPS) is 10.6. The first-order valence-electron chi connectivity index (χ1n) is 9.26. The lowest BCUT2D eigenvalue weighted by molar-refractivity contribution is -0.131. The lowest BCUT2D eigenvalue weighted by Crippen LogP contribution is -2.36. The standard InChI is InChI=1S/C22H24N4O2S/c1-16-7-9-18(10-8-16)24-20(27)14-25(3)21(28)15-29-22-23-11-12-26(22)19-6-4-5-17(2)13-19/h4-13H,14-15H2,1-3H3,(H,24,27). The SMILES string of the molecule is Cc1ccc(NC(=O)CN(C)C(=O)CSc2nccn2-c2cccc(C)c2)cc1. The number of hydrogen-bond donors (Lipinski definition) is 1. The Morgan fingerprint density at radius 2 is 1.86 bits per heavy atom. The maximum Gasteiger partial charge on any atom is 0.243 e. The van der Waals surface area contributed by atoms with Crippen molar-refractivity contribution in [1.82, 2.24) is 14.5 Å². The van der Waals surface area contributed by atoms with Crippen LogP contribution in [-0.2, 0) is 9.59 Å². The second kappa shape index (κ2) is 9.43. The van der Waals surface area contributed by atoms with E-state index in [1.165, 1.54) is 16.7 Å². The summed E-state index contributed by atoms with van der Waals surface area (Å²) in [5.41, 5.74) is 4.00. The van der Waals surface area contributed by atoms with Gasteiger partial charge in [-0.1, -0.05) is 41.6 Å². The molecule has 6 nitrogen and oxygen atoms in total. The third-order valence-electron chi connectivity index (χ3n) is 4.35. The molecule has 1 N–H and O–H groups in total. The number of aromatic nitrogens is 2. The van der Waals surface area contributed by atoms with Crippen LogP contribution >= 0.6 is 11.8 Å². The molecule has 0 bridgehead atoms. The number of anilines is 1. The topological polar surface area (TPSA) is 67.2 Å². The monoisotopic (exact) mass is 408 g/mol. The molecular formula is C22H24N4O2S. The number of benzene rings is 2. The van der Waals surface area contributed by atoms with Crippen LogP contribution in [0.2, 0.25) is 0 Å². The number of imidazole rings is 1. The van der Waals surface area contributed by atoms with Crippen LogP contribution in [0.15, 0.2) is 66.1 Å². The number of likely N-dealkylation sites (N-methyl/N-ethyl adjacent to an activating group) is 1. The van der Waals surface area contributed by atoms with Crippen molar-refractivity contribution in [1.29, 1.82) is 0 Å². The molecule has 0 saturated heterocycles. The number of nitrogens with zero attached hydrogens (tertiary/aromatic N) is 3. The number of hydrogen-bond acceptors (Lipinski definition) is 4. The molecule has 0 aliphatic rings. The van der Waals surface area contributed by atoms with E-state index in [1.807, 2.05) is 67.1 Å².